The van der Waals surface area contributed by atoms with Gasteiger partial charge in [0.2, 0.25) is 0 Å². The lowest BCUT2D eigenvalue weighted by Gasteiger charge is -2.20. The Kier molecular flexibility index (Phi) is 8.58. The lowest BCUT2D eigenvalue weighted by atomic mass is 10.0. The molecule has 3 aromatic carbocycles. The van der Waals surface area contributed by atoms with E-state index in [4.69, 9.17) is 0 Å². The smallest absolute Gasteiger partial charge is 0.257 e. The molecular formula is C25H31N3O4. The summed E-state index contributed by atoms with van der Waals surface area (Å²) >= 11 is 0. The number of rotatable bonds is 8. The van der Waals surface area contributed by atoms with Crippen LogP contribution in [0.15, 0.2) is 58.1 Å². The molecule has 32 heavy (non-hydrogen) atoms. The van der Waals surface area contributed by atoms with Gasteiger partial charge in [-0.05, 0) is 37.5 Å². The number of nitrogens with zero attached hydrogens (tertiary/aromatic N) is 1. The van der Waals surface area contributed by atoms with Crippen LogP contribution in [0.1, 0.15) is 43.1 Å². The molecule has 3 N–H and O–H groups in total. The zero-order valence-electron chi connectivity index (χ0n) is 19.2. The van der Waals surface area contributed by atoms with Crippen LogP contribution in [0.25, 0.3) is 0 Å². The highest BCUT2D eigenvalue weighted by molar-refractivity contribution is 5.99. The molecule has 7 heteroatoms. The number of carbonyl (C=O) groups excluding carboxylic acids is 1. The Balaban J connectivity index is 0.00000176. The number of amides is 1. The quantitative estimate of drug-likeness (QED) is 0.365. The summed E-state index contributed by atoms with van der Waals surface area (Å²) in [5.41, 5.74) is 0.534. The lowest BCUT2D eigenvalue weighted by Crippen LogP contribution is -2.38. The number of phenols is 1. The van der Waals surface area contributed by atoms with Crippen LogP contribution in [0.2, 0.25) is 0 Å². The van der Waals surface area contributed by atoms with Gasteiger partial charge in [-0.25, -0.2) is 0 Å². The first kappa shape index (κ1) is 24.7. The average molecular weight is 438 g/mol. The van der Waals surface area contributed by atoms with Crippen molar-refractivity contribution in [2.24, 2.45) is 0 Å². The van der Waals surface area contributed by atoms with E-state index >= 15 is 0 Å². The molecular weight excluding hydrogens is 406 g/mol. The van der Waals surface area contributed by atoms with Gasteiger partial charge in [-0.1, -0.05) is 50.2 Å². The maximum atomic E-state index is 12.2. The first-order chi connectivity index (χ1) is 15.3. The largest absolute Gasteiger partial charge is 0.505 e. The molecule has 0 saturated heterocycles. The summed E-state index contributed by atoms with van der Waals surface area (Å²) in [6.45, 7) is 5.94. The lowest BCUT2D eigenvalue weighted by molar-refractivity contribution is 0.0824. The van der Waals surface area contributed by atoms with Gasteiger partial charge in [0.05, 0.1) is 11.3 Å². The zero-order chi connectivity index (χ0) is 23.8. The Labute approximate surface area is 188 Å². The van der Waals surface area contributed by atoms with Gasteiger partial charge < -0.3 is 20.6 Å². The van der Waals surface area contributed by atoms with E-state index in [1.807, 2.05) is 51.1 Å². The van der Waals surface area contributed by atoms with Crippen LogP contribution in [0.3, 0.4) is 0 Å². The summed E-state index contributed by atoms with van der Waals surface area (Å²) in [4.78, 5) is 37.7. The van der Waals surface area contributed by atoms with E-state index in [1.165, 1.54) is 16.5 Å². The molecule has 0 spiro atoms. The highest BCUT2D eigenvalue weighted by atomic mass is 16.3. The molecule has 0 fully saturated rings. The molecule has 7 nitrogen and oxygen atoms in total. The van der Waals surface area contributed by atoms with E-state index < -0.39 is 10.9 Å². The molecule has 170 valence electrons. The van der Waals surface area contributed by atoms with E-state index in [0.29, 0.717) is 0 Å². The summed E-state index contributed by atoms with van der Waals surface area (Å²) in [6, 6.07) is 14.6. The Morgan fingerprint density at radius 2 is 1.59 bits per heavy atom. The highest BCUT2D eigenvalue weighted by Crippen LogP contribution is 2.32. The number of anilines is 3. The Morgan fingerprint density at radius 3 is 2.22 bits per heavy atom. The Hall–Kier alpha value is -3.61. The minimum absolute atomic E-state index is 0.0377. The van der Waals surface area contributed by atoms with Gasteiger partial charge in [0.1, 0.15) is 11.4 Å². The molecule has 3 aromatic rings. The minimum atomic E-state index is -0.656. The number of carbonyl (C=O) groups is 1. The third kappa shape index (κ3) is 5.55. The number of nitrogens with one attached hydrogen (secondary N) is 2. The fourth-order valence-electron chi connectivity index (χ4n) is 3.19. The minimum Gasteiger partial charge on any atom is -0.505 e. The van der Waals surface area contributed by atoms with E-state index in [9.17, 15) is 19.5 Å². The summed E-state index contributed by atoms with van der Waals surface area (Å²) in [5.74, 6) is -0.638. The Bertz CT molecular complexity index is 1120. The van der Waals surface area contributed by atoms with Gasteiger partial charge in [0.25, 0.3) is 16.8 Å². The number of hydrogen-bond donors (Lipinski definition) is 3. The van der Waals surface area contributed by atoms with Gasteiger partial charge in [-0.15, -0.1) is 0 Å². The Morgan fingerprint density at radius 1 is 0.969 bits per heavy atom. The van der Waals surface area contributed by atoms with Crippen LogP contribution in [0.5, 0.6) is 5.75 Å². The molecule has 0 heterocycles. The van der Waals surface area contributed by atoms with Crippen molar-refractivity contribution in [1.29, 1.82) is 0 Å². The van der Waals surface area contributed by atoms with Crippen molar-refractivity contribution in [3.63, 3.8) is 0 Å². The molecule has 1 unspecified atom stereocenters. The topological polar surface area (TPSA) is 98.7 Å². The molecule has 1 atom stereocenters. The molecule has 0 saturated carbocycles. The molecule has 0 aromatic heterocycles. The average Bonchev–Trinajstić information content (AvgIpc) is 2.82. The van der Waals surface area contributed by atoms with Crippen molar-refractivity contribution >= 4 is 23.0 Å². The maximum Gasteiger partial charge on any atom is 0.257 e. The standard InChI is InChI=1S/C23H25N3O4.C2H6/c1-14(12-13-15-8-5-4-6-9-15)24-18-19(22(29)21(18)28)25-17-11-7-10-16(20(17)27)23(30)26(2)3;1-2/h4-11,14,24-25,27H,12-13H2,1-3H3;1-2H3. The van der Waals surface area contributed by atoms with Crippen LogP contribution in [0.4, 0.5) is 17.1 Å². The fraction of sp³-hybridized carbons (Fsp3) is 0.320. The second-order valence-corrected chi connectivity index (χ2v) is 7.50. The summed E-state index contributed by atoms with van der Waals surface area (Å²) in [7, 11) is 3.16. The number of aromatic hydroxyl groups is 1. The van der Waals surface area contributed by atoms with Crippen molar-refractivity contribution in [3.8, 4) is 5.75 Å². The van der Waals surface area contributed by atoms with Crippen molar-refractivity contribution < 1.29 is 9.90 Å². The second-order valence-electron chi connectivity index (χ2n) is 7.50. The van der Waals surface area contributed by atoms with Crippen LogP contribution in [-0.2, 0) is 6.42 Å². The third-order valence-electron chi connectivity index (χ3n) is 4.94. The summed E-state index contributed by atoms with van der Waals surface area (Å²) in [6.07, 6.45) is 1.61. The van der Waals surface area contributed by atoms with Crippen LogP contribution in [-0.4, -0.2) is 36.1 Å². The zero-order valence-corrected chi connectivity index (χ0v) is 19.2. The van der Waals surface area contributed by atoms with Gasteiger partial charge in [0.15, 0.2) is 5.75 Å². The predicted octanol–water partition coefficient (Wildman–Crippen LogP) is 3.89. The first-order valence-corrected chi connectivity index (χ1v) is 10.7. The van der Waals surface area contributed by atoms with E-state index in [1.54, 1.807) is 26.2 Å². The van der Waals surface area contributed by atoms with Crippen LogP contribution in [0, 0.1) is 0 Å². The van der Waals surface area contributed by atoms with Crippen molar-refractivity contribution in [2.45, 2.75) is 39.7 Å². The second kappa shape index (κ2) is 11.1. The molecule has 0 bridgehead atoms. The first-order valence-electron chi connectivity index (χ1n) is 10.7. The predicted molar refractivity (Wildman–Crippen MR) is 130 cm³/mol. The van der Waals surface area contributed by atoms with E-state index in [0.717, 1.165) is 12.8 Å². The number of aryl methyl sites for hydroxylation is 1. The summed E-state index contributed by atoms with van der Waals surface area (Å²) in [5, 5.41) is 16.4. The highest BCUT2D eigenvalue weighted by Gasteiger charge is 2.24. The normalized spacial score (nSPS) is 11.3. The SMILES string of the molecule is CC.CC(CCc1ccccc1)Nc1c(Nc2cccc(C(=O)N(C)C)c2O)c(=O)c1=O. The van der Waals surface area contributed by atoms with Crippen LogP contribution < -0.4 is 21.5 Å². The van der Waals surface area contributed by atoms with Gasteiger partial charge in [-0.3, -0.25) is 14.4 Å². The number of para-hydroxylation sites is 1. The molecule has 3 rings (SSSR count). The molecule has 0 aliphatic carbocycles. The van der Waals surface area contributed by atoms with Crippen molar-refractivity contribution in [1.82, 2.24) is 4.90 Å². The number of phenolic OH excluding ortho intramolecular Hbond substituents is 1. The van der Waals surface area contributed by atoms with Gasteiger partial charge in [0, 0.05) is 20.1 Å². The number of hydrogen-bond acceptors (Lipinski definition) is 6. The van der Waals surface area contributed by atoms with Crippen molar-refractivity contribution in [3.05, 3.63) is 80.1 Å². The van der Waals surface area contributed by atoms with Crippen LogP contribution >= 0.6 is 0 Å². The van der Waals surface area contributed by atoms with E-state index in [-0.39, 0.29) is 40.3 Å². The maximum absolute atomic E-state index is 12.2. The van der Waals surface area contributed by atoms with Crippen molar-refractivity contribution in [2.75, 3.05) is 24.7 Å². The number of benzene rings is 2. The van der Waals surface area contributed by atoms with Gasteiger partial charge in [-0.2, -0.15) is 0 Å². The molecule has 0 aliphatic heterocycles. The molecule has 0 aliphatic rings. The molecule has 0 radical (unpaired) electrons. The molecule has 1 amide bonds. The monoisotopic (exact) mass is 437 g/mol. The third-order valence-corrected chi connectivity index (χ3v) is 4.94. The van der Waals surface area contributed by atoms with Gasteiger partial charge >= 0.3 is 0 Å². The van der Waals surface area contributed by atoms with E-state index in [2.05, 4.69) is 10.6 Å². The fourth-order valence-corrected chi connectivity index (χ4v) is 3.19. The summed E-state index contributed by atoms with van der Waals surface area (Å²) < 4.78 is 0.